The molecule has 1 heterocycles. The van der Waals surface area contributed by atoms with E-state index in [1.807, 2.05) is 36.4 Å². The van der Waals surface area contributed by atoms with Crippen LogP contribution in [0.3, 0.4) is 0 Å². The van der Waals surface area contributed by atoms with Crippen molar-refractivity contribution in [1.29, 1.82) is 0 Å². The van der Waals surface area contributed by atoms with Crippen molar-refractivity contribution in [2.45, 2.75) is 19.1 Å². The summed E-state index contributed by atoms with van der Waals surface area (Å²) in [6.07, 6.45) is 0.726. The van der Waals surface area contributed by atoms with Crippen molar-refractivity contribution in [3.05, 3.63) is 53.5 Å². The number of furan rings is 1. The molecule has 4 nitrogen and oxygen atoms in total. The predicted octanol–water partition coefficient (Wildman–Crippen LogP) is 2.68. The first-order valence-electron chi connectivity index (χ1n) is 6.19. The van der Waals surface area contributed by atoms with Gasteiger partial charge in [0, 0.05) is 7.11 Å². The Morgan fingerprint density at radius 2 is 1.84 bits per heavy atom. The second-order valence-electron chi connectivity index (χ2n) is 4.40. The van der Waals surface area contributed by atoms with E-state index in [2.05, 4.69) is 0 Å². The number of benzene rings is 1. The van der Waals surface area contributed by atoms with Gasteiger partial charge in [-0.05, 0) is 36.2 Å². The van der Waals surface area contributed by atoms with Crippen molar-refractivity contribution in [2.75, 3.05) is 14.2 Å². The fraction of sp³-hybridized carbons (Fsp3) is 0.333. The summed E-state index contributed by atoms with van der Waals surface area (Å²) in [5.41, 5.74) is 7.29. The number of nitrogens with two attached hydrogens (primary N) is 1. The van der Waals surface area contributed by atoms with Gasteiger partial charge in [-0.15, -0.1) is 0 Å². The van der Waals surface area contributed by atoms with Gasteiger partial charge >= 0.3 is 0 Å². The van der Waals surface area contributed by atoms with E-state index in [4.69, 9.17) is 19.6 Å². The first-order chi connectivity index (χ1) is 9.22. The van der Waals surface area contributed by atoms with E-state index in [-0.39, 0.29) is 6.04 Å². The van der Waals surface area contributed by atoms with Crippen LogP contribution in [0.1, 0.15) is 23.1 Å². The van der Waals surface area contributed by atoms with Crippen molar-refractivity contribution in [1.82, 2.24) is 0 Å². The third-order valence-electron chi connectivity index (χ3n) is 2.95. The van der Waals surface area contributed by atoms with Crippen LogP contribution in [0.25, 0.3) is 0 Å². The molecular weight excluding hydrogens is 242 g/mol. The Morgan fingerprint density at radius 3 is 2.47 bits per heavy atom. The fourth-order valence-electron chi connectivity index (χ4n) is 1.93. The van der Waals surface area contributed by atoms with E-state index in [1.54, 1.807) is 14.2 Å². The number of hydrogen-bond acceptors (Lipinski definition) is 4. The maximum absolute atomic E-state index is 6.14. The lowest BCUT2D eigenvalue weighted by Crippen LogP contribution is -2.12. The number of hydrogen-bond donors (Lipinski definition) is 1. The Hall–Kier alpha value is -1.78. The molecule has 0 bridgehead atoms. The molecule has 0 radical (unpaired) electrons. The minimum atomic E-state index is -0.154. The van der Waals surface area contributed by atoms with Crippen LogP contribution in [0.2, 0.25) is 0 Å². The summed E-state index contributed by atoms with van der Waals surface area (Å²) < 4.78 is 15.8. The lowest BCUT2D eigenvalue weighted by molar-refractivity contribution is 0.162. The van der Waals surface area contributed by atoms with Gasteiger partial charge in [-0.3, -0.25) is 0 Å². The molecule has 4 heteroatoms. The molecule has 1 atom stereocenters. The third-order valence-corrected chi connectivity index (χ3v) is 2.95. The molecule has 1 aromatic carbocycles. The van der Waals surface area contributed by atoms with E-state index in [0.717, 1.165) is 29.3 Å². The van der Waals surface area contributed by atoms with Crippen molar-refractivity contribution in [3.63, 3.8) is 0 Å². The molecular formula is C15H19NO3. The second-order valence-corrected chi connectivity index (χ2v) is 4.40. The van der Waals surface area contributed by atoms with Crippen LogP contribution in [0.15, 0.2) is 40.8 Å². The van der Waals surface area contributed by atoms with Gasteiger partial charge in [0.15, 0.2) is 0 Å². The van der Waals surface area contributed by atoms with Crippen LogP contribution >= 0.6 is 0 Å². The highest BCUT2D eigenvalue weighted by Crippen LogP contribution is 2.20. The molecule has 0 fully saturated rings. The van der Waals surface area contributed by atoms with Gasteiger partial charge in [-0.25, -0.2) is 0 Å². The zero-order valence-corrected chi connectivity index (χ0v) is 11.3. The van der Waals surface area contributed by atoms with Crippen molar-refractivity contribution in [2.24, 2.45) is 5.73 Å². The largest absolute Gasteiger partial charge is 0.497 e. The monoisotopic (exact) mass is 261 g/mol. The molecule has 0 amide bonds. The van der Waals surface area contributed by atoms with Gasteiger partial charge in [0.2, 0.25) is 0 Å². The molecule has 0 aliphatic heterocycles. The first kappa shape index (κ1) is 13.6. The van der Waals surface area contributed by atoms with Crippen LogP contribution < -0.4 is 10.5 Å². The molecule has 1 aromatic heterocycles. The predicted molar refractivity (Wildman–Crippen MR) is 73.0 cm³/mol. The topological polar surface area (TPSA) is 57.6 Å². The molecule has 102 valence electrons. The minimum absolute atomic E-state index is 0.154. The van der Waals surface area contributed by atoms with Crippen LogP contribution in [-0.4, -0.2) is 14.2 Å². The minimum Gasteiger partial charge on any atom is -0.497 e. The number of ether oxygens (including phenoxy) is 2. The molecule has 2 aromatic rings. The lowest BCUT2D eigenvalue weighted by Gasteiger charge is -2.09. The van der Waals surface area contributed by atoms with Crippen molar-refractivity contribution >= 4 is 0 Å². The zero-order valence-electron chi connectivity index (χ0n) is 11.3. The summed E-state index contributed by atoms with van der Waals surface area (Å²) in [5, 5.41) is 0. The van der Waals surface area contributed by atoms with E-state index in [9.17, 15) is 0 Å². The van der Waals surface area contributed by atoms with Crippen molar-refractivity contribution < 1.29 is 13.9 Å². The number of methoxy groups -OCH3 is 2. The standard InChI is InChI=1S/C15H19NO3/c1-17-10-13-7-8-15(19-13)14(16)9-11-3-5-12(18-2)6-4-11/h3-8,14H,9-10,16H2,1-2H3. The Balaban J connectivity index is 2.00. The van der Waals surface area contributed by atoms with Crippen molar-refractivity contribution in [3.8, 4) is 5.75 Å². The van der Waals surface area contributed by atoms with Gasteiger partial charge in [-0.1, -0.05) is 12.1 Å². The maximum Gasteiger partial charge on any atom is 0.129 e. The molecule has 19 heavy (non-hydrogen) atoms. The molecule has 0 aliphatic rings. The molecule has 1 unspecified atom stereocenters. The van der Waals surface area contributed by atoms with Crippen LogP contribution in [0.4, 0.5) is 0 Å². The third kappa shape index (κ3) is 3.59. The number of rotatable bonds is 6. The van der Waals surface area contributed by atoms with E-state index < -0.39 is 0 Å². The van der Waals surface area contributed by atoms with Gasteiger partial charge < -0.3 is 19.6 Å². The molecule has 0 saturated carbocycles. The quantitative estimate of drug-likeness (QED) is 0.868. The Kier molecular flexibility index (Phi) is 4.60. The summed E-state index contributed by atoms with van der Waals surface area (Å²) in [4.78, 5) is 0. The average Bonchev–Trinajstić information content (AvgIpc) is 2.89. The summed E-state index contributed by atoms with van der Waals surface area (Å²) in [6.45, 7) is 0.468. The maximum atomic E-state index is 6.14. The van der Waals surface area contributed by atoms with Crippen LogP contribution in [0, 0.1) is 0 Å². The summed E-state index contributed by atoms with van der Waals surface area (Å²) in [7, 11) is 3.29. The Morgan fingerprint density at radius 1 is 1.11 bits per heavy atom. The molecule has 0 saturated heterocycles. The summed E-state index contributed by atoms with van der Waals surface area (Å²) >= 11 is 0. The smallest absolute Gasteiger partial charge is 0.129 e. The first-order valence-corrected chi connectivity index (χ1v) is 6.19. The molecule has 0 spiro atoms. The Bertz CT molecular complexity index is 504. The van der Waals surface area contributed by atoms with Gasteiger partial charge in [0.05, 0.1) is 13.2 Å². The highest BCUT2D eigenvalue weighted by atomic mass is 16.5. The van der Waals surface area contributed by atoms with E-state index in [0.29, 0.717) is 6.61 Å². The Labute approximate surface area is 113 Å². The van der Waals surface area contributed by atoms with E-state index >= 15 is 0 Å². The highest BCUT2D eigenvalue weighted by molar-refractivity contribution is 5.28. The summed E-state index contributed by atoms with van der Waals surface area (Å²) in [6, 6.07) is 11.5. The van der Waals surface area contributed by atoms with Gasteiger partial charge in [0.25, 0.3) is 0 Å². The molecule has 2 rings (SSSR count). The van der Waals surface area contributed by atoms with Gasteiger partial charge in [0.1, 0.15) is 23.9 Å². The molecule has 0 aliphatic carbocycles. The normalized spacial score (nSPS) is 12.4. The van der Waals surface area contributed by atoms with Crippen LogP contribution in [0.5, 0.6) is 5.75 Å². The zero-order chi connectivity index (χ0) is 13.7. The second kappa shape index (κ2) is 6.41. The van der Waals surface area contributed by atoms with Crippen LogP contribution in [-0.2, 0) is 17.8 Å². The molecule has 2 N–H and O–H groups in total. The van der Waals surface area contributed by atoms with Gasteiger partial charge in [-0.2, -0.15) is 0 Å². The average molecular weight is 261 g/mol. The SMILES string of the molecule is COCc1ccc(C(N)Cc2ccc(OC)cc2)o1. The lowest BCUT2D eigenvalue weighted by atomic mass is 10.0. The highest BCUT2D eigenvalue weighted by Gasteiger charge is 2.12. The van der Waals surface area contributed by atoms with E-state index in [1.165, 1.54) is 0 Å². The fourth-order valence-corrected chi connectivity index (χ4v) is 1.93. The summed E-state index contributed by atoms with van der Waals surface area (Å²) in [5.74, 6) is 2.42.